The number of amides is 1. The fourth-order valence-corrected chi connectivity index (χ4v) is 4.92. The first kappa shape index (κ1) is 25.1. The van der Waals surface area contributed by atoms with Crippen molar-refractivity contribution < 1.29 is 14.3 Å². The number of ether oxygens (including phenoxy) is 2. The number of rotatable bonds is 9. The predicted molar refractivity (Wildman–Crippen MR) is 142 cm³/mol. The number of hydrogen-bond donors (Lipinski definition) is 3. The molecule has 1 saturated heterocycles. The van der Waals surface area contributed by atoms with Crippen molar-refractivity contribution in [1.82, 2.24) is 25.5 Å². The van der Waals surface area contributed by atoms with Crippen molar-refractivity contribution in [1.29, 1.82) is 0 Å². The fourth-order valence-electron chi connectivity index (χ4n) is 4.92. The van der Waals surface area contributed by atoms with Gasteiger partial charge in [-0.05, 0) is 47.7 Å². The smallest absolute Gasteiger partial charge is 0.273 e. The van der Waals surface area contributed by atoms with Crippen molar-refractivity contribution in [3.63, 3.8) is 0 Å². The number of nitrogens with two attached hydrogens (primary N) is 1. The summed E-state index contributed by atoms with van der Waals surface area (Å²) in [6.45, 7) is 5.93. The Balaban J connectivity index is 1.18. The van der Waals surface area contributed by atoms with Gasteiger partial charge in [0.15, 0.2) is 11.5 Å². The Labute approximate surface area is 217 Å². The Kier molecular flexibility index (Phi) is 7.93. The summed E-state index contributed by atoms with van der Waals surface area (Å²) < 4.78 is 11.5. The van der Waals surface area contributed by atoms with Crippen LogP contribution in [-0.2, 0) is 17.7 Å². The third-order valence-corrected chi connectivity index (χ3v) is 6.99. The summed E-state index contributed by atoms with van der Waals surface area (Å²) in [6.07, 6.45) is 3.70. The zero-order valence-electron chi connectivity index (χ0n) is 21.2. The summed E-state index contributed by atoms with van der Waals surface area (Å²) in [7, 11) is 1.55. The Bertz CT molecular complexity index is 1240. The predicted octanol–water partition coefficient (Wildman–Crippen LogP) is 2.57. The first-order valence-corrected chi connectivity index (χ1v) is 12.8. The van der Waals surface area contributed by atoms with Gasteiger partial charge in [0.2, 0.25) is 0 Å². The first-order chi connectivity index (χ1) is 18.1. The molecule has 0 bridgehead atoms. The number of nitrogen functional groups attached to an aromatic ring is 1. The van der Waals surface area contributed by atoms with Crippen LogP contribution in [0, 0.1) is 0 Å². The minimum atomic E-state index is -0.352. The van der Waals surface area contributed by atoms with Gasteiger partial charge in [-0.15, -0.1) is 0 Å². The lowest BCUT2D eigenvalue weighted by molar-refractivity contribution is 0.0322. The Morgan fingerprint density at radius 2 is 2.08 bits per heavy atom. The second-order valence-corrected chi connectivity index (χ2v) is 9.40. The van der Waals surface area contributed by atoms with Gasteiger partial charge in [-0.1, -0.05) is 24.3 Å². The Morgan fingerprint density at radius 1 is 1.22 bits per heavy atom. The molecule has 0 saturated carbocycles. The second-order valence-electron chi connectivity index (χ2n) is 9.40. The molecule has 2 aromatic carbocycles. The number of fused-ring (bicyclic) bond motifs is 1. The number of carbonyl (C=O) groups is 1. The molecule has 1 unspecified atom stereocenters. The number of nitrogens with one attached hydrogen (secondary N) is 2. The van der Waals surface area contributed by atoms with E-state index in [1.165, 1.54) is 11.1 Å². The Hall–Kier alpha value is -3.53. The van der Waals surface area contributed by atoms with Crippen LogP contribution >= 0.6 is 0 Å². The number of nitrogens with zero attached hydrogens (tertiary/aromatic N) is 3. The molecule has 2 heterocycles. The van der Waals surface area contributed by atoms with Crippen molar-refractivity contribution in [2.75, 3.05) is 52.2 Å². The molecule has 3 aromatic rings. The van der Waals surface area contributed by atoms with Gasteiger partial charge >= 0.3 is 0 Å². The molecular formula is C28H34N6O3. The molecule has 0 radical (unpaired) electrons. The van der Waals surface area contributed by atoms with E-state index < -0.39 is 0 Å². The van der Waals surface area contributed by atoms with Gasteiger partial charge in [0, 0.05) is 44.8 Å². The van der Waals surface area contributed by atoms with Crippen LogP contribution in [0.1, 0.15) is 39.6 Å². The average molecular weight is 503 g/mol. The molecule has 1 amide bonds. The van der Waals surface area contributed by atoms with Crippen LogP contribution in [0.15, 0.2) is 48.7 Å². The standard InChI is InChI=1S/C28H34N6O3/c1-30-28(35)26-27(29)32-18-25(33-26)21-4-2-3-19(15-21)17-31-24-8-5-20-16-22(6-7-23(20)24)37-14-11-34-9-12-36-13-10-34/h2-4,6-7,15-16,18,24,31H,5,8-14,17H2,1H3,(H2,29,32)(H,30,35). The van der Waals surface area contributed by atoms with Crippen molar-refractivity contribution >= 4 is 11.7 Å². The monoisotopic (exact) mass is 502 g/mol. The van der Waals surface area contributed by atoms with Gasteiger partial charge < -0.3 is 25.8 Å². The highest BCUT2D eigenvalue weighted by Gasteiger charge is 2.22. The molecule has 1 aliphatic heterocycles. The normalized spacial score (nSPS) is 17.4. The molecule has 0 spiro atoms. The Morgan fingerprint density at radius 3 is 2.92 bits per heavy atom. The van der Waals surface area contributed by atoms with Crippen molar-refractivity contribution in [2.45, 2.75) is 25.4 Å². The van der Waals surface area contributed by atoms with E-state index in [2.05, 4.69) is 55.8 Å². The summed E-state index contributed by atoms with van der Waals surface area (Å²) in [5.74, 6) is 0.711. The third kappa shape index (κ3) is 6.07. The quantitative estimate of drug-likeness (QED) is 0.409. The SMILES string of the molecule is CNC(=O)c1nc(-c2cccc(CNC3CCc4cc(OCCN5CCOCC5)ccc43)c2)cnc1N. The van der Waals surface area contributed by atoms with Crippen molar-refractivity contribution in [3.8, 4) is 17.0 Å². The van der Waals surface area contributed by atoms with Crippen LogP contribution in [0.25, 0.3) is 11.3 Å². The maximum absolute atomic E-state index is 12.1. The van der Waals surface area contributed by atoms with Gasteiger partial charge in [-0.2, -0.15) is 0 Å². The van der Waals surface area contributed by atoms with E-state index in [9.17, 15) is 4.79 Å². The summed E-state index contributed by atoms with van der Waals surface area (Å²) in [5, 5.41) is 6.26. The first-order valence-electron chi connectivity index (χ1n) is 12.8. The lowest BCUT2D eigenvalue weighted by atomic mass is 10.1. The van der Waals surface area contributed by atoms with Gasteiger partial charge in [0.1, 0.15) is 12.4 Å². The highest BCUT2D eigenvalue weighted by atomic mass is 16.5. The molecule has 1 aliphatic carbocycles. The number of anilines is 1. The molecule has 5 rings (SSSR count). The van der Waals surface area contributed by atoms with Crippen LogP contribution in [0.3, 0.4) is 0 Å². The molecule has 1 atom stereocenters. The van der Waals surface area contributed by atoms with E-state index in [4.69, 9.17) is 15.2 Å². The van der Waals surface area contributed by atoms with E-state index in [1.807, 2.05) is 12.1 Å². The maximum Gasteiger partial charge on any atom is 0.273 e. The van der Waals surface area contributed by atoms with Crippen LogP contribution in [0.2, 0.25) is 0 Å². The van der Waals surface area contributed by atoms with Gasteiger partial charge in [0.05, 0.1) is 25.1 Å². The fraction of sp³-hybridized carbons (Fsp3) is 0.393. The number of morpholine rings is 1. The van der Waals surface area contributed by atoms with Gasteiger partial charge in [-0.3, -0.25) is 9.69 Å². The minimum absolute atomic E-state index is 0.117. The lowest BCUT2D eigenvalue weighted by Gasteiger charge is -2.26. The molecule has 37 heavy (non-hydrogen) atoms. The van der Waals surface area contributed by atoms with Gasteiger partial charge in [-0.25, -0.2) is 9.97 Å². The van der Waals surface area contributed by atoms with Gasteiger partial charge in [0.25, 0.3) is 5.91 Å². The topological polar surface area (TPSA) is 115 Å². The molecule has 1 aromatic heterocycles. The number of hydrogen-bond acceptors (Lipinski definition) is 8. The zero-order valence-corrected chi connectivity index (χ0v) is 21.2. The molecule has 194 valence electrons. The van der Waals surface area contributed by atoms with Crippen LogP contribution < -0.4 is 21.1 Å². The van der Waals surface area contributed by atoms with E-state index in [1.54, 1.807) is 13.2 Å². The maximum atomic E-state index is 12.1. The summed E-state index contributed by atoms with van der Waals surface area (Å²) >= 11 is 0. The van der Waals surface area contributed by atoms with E-state index in [-0.39, 0.29) is 17.4 Å². The largest absolute Gasteiger partial charge is 0.492 e. The molecular weight excluding hydrogens is 468 g/mol. The number of aromatic nitrogens is 2. The van der Waals surface area contributed by atoms with Crippen LogP contribution in [0.4, 0.5) is 5.82 Å². The summed E-state index contributed by atoms with van der Waals surface area (Å²) in [6, 6.07) is 14.9. The molecule has 1 fully saturated rings. The molecule has 4 N–H and O–H groups in total. The van der Waals surface area contributed by atoms with E-state index in [0.29, 0.717) is 18.3 Å². The zero-order chi connectivity index (χ0) is 25.6. The molecule has 9 heteroatoms. The third-order valence-electron chi connectivity index (χ3n) is 6.99. The number of aryl methyl sites for hydroxylation is 1. The average Bonchev–Trinajstić information content (AvgIpc) is 3.34. The lowest BCUT2D eigenvalue weighted by Crippen LogP contribution is -2.38. The summed E-state index contributed by atoms with van der Waals surface area (Å²) in [4.78, 5) is 23.0. The molecule has 2 aliphatic rings. The van der Waals surface area contributed by atoms with Crippen LogP contribution in [-0.4, -0.2) is 67.3 Å². The van der Waals surface area contributed by atoms with Crippen molar-refractivity contribution in [3.05, 3.63) is 71.0 Å². The minimum Gasteiger partial charge on any atom is -0.492 e. The number of benzene rings is 2. The van der Waals surface area contributed by atoms with E-state index >= 15 is 0 Å². The van der Waals surface area contributed by atoms with Crippen molar-refractivity contribution in [2.24, 2.45) is 0 Å². The molecule has 9 nitrogen and oxygen atoms in total. The van der Waals surface area contributed by atoms with E-state index in [0.717, 1.165) is 69.1 Å². The second kappa shape index (κ2) is 11.7. The highest BCUT2D eigenvalue weighted by Crippen LogP contribution is 2.34. The number of carbonyl (C=O) groups excluding carboxylic acids is 1. The van der Waals surface area contributed by atoms with Crippen LogP contribution in [0.5, 0.6) is 5.75 Å². The summed E-state index contributed by atoms with van der Waals surface area (Å²) in [5.41, 5.74) is 11.3. The highest BCUT2D eigenvalue weighted by molar-refractivity contribution is 5.96.